The predicted molar refractivity (Wildman–Crippen MR) is 69.9 cm³/mol. The number of aromatic hydroxyl groups is 2. The van der Waals surface area contributed by atoms with Crippen molar-refractivity contribution in [2.75, 3.05) is 0 Å². The van der Waals surface area contributed by atoms with E-state index in [9.17, 15) is 10.2 Å². The summed E-state index contributed by atoms with van der Waals surface area (Å²) in [5.74, 6) is 0.129. The third-order valence-electron chi connectivity index (χ3n) is 2.57. The van der Waals surface area contributed by atoms with Gasteiger partial charge >= 0.3 is 0 Å². The second-order valence-electron chi connectivity index (χ2n) is 3.97. The maximum absolute atomic E-state index is 9.35. The van der Waals surface area contributed by atoms with E-state index >= 15 is 0 Å². The number of rotatable bonds is 2. The largest absolute Gasteiger partial charge is 0.508 e. The SMILES string of the molecule is Cc1ccccc1C=Cc1cc(O)cc(O)c1. The summed E-state index contributed by atoms with van der Waals surface area (Å²) in [5.41, 5.74) is 3.08. The molecule has 0 unspecified atom stereocenters. The number of phenols is 2. The van der Waals surface area contributed by atoms with Crippen LogP contribution in [-0.4, -0.2) is 10.2 Å². The molecule has 2 aromatic carbocycles. The summed E-state index contributed by atoms with van der Waals surface area (Å²) in [4.78, 5) is 0. The second kappa shape index (κ2) is 4.74. The van der Waals surface area contributed by atoms with Crippen molar-refractivity contribution in [2.24, 2.45) is 0 Å². The van der Waals surface area contributed by atoms with E-state index in [0.29, 0.717) is 0 Å². The lowest BCUT2D eigenvalue weighted by Crippen LogP contribution is -1.78. The lowest BCUT2D eigenvalue weighted by Gasteiger charge is -2.00. The Morgan fingerprint density at radius 2 is 1.53 bits per heavy atom. The van der Waals surface area contributed by atoms with E-state index in [2.05, 4.69) is 0 Å². The number of hydrogen-bond donors (Lipinski definition) is 2. The van der Waals surface area contributed by atoms with E-state index in [1.54, 1.807) is 12.1 Å². The fourth-order valence-corrected chi connectivity index (χ4v) is 1.67. The minimum Gasteiger partial charge on any atom is -0.508 e. The highest BCUT2D eigenvalue weighted by Crippen LogP contribution is 2.22. The average molecular weight is 226 g/mol. The first-order valence-electron chi connectivity index (χ1n) is 5.42. The van der Waals surface area contributed by atoms with Crippen molar-refractivity contribution in [1.29, 1.82) is 0 Å². The zero-order valence-electron chi connectivity index (χ0n) is 9.59. The van der Waals surface area contributed by atoms with E-state index in [4.69, 9.17) is 0 Å². The zero-order chi connectivity index (χ0) is 12.3. The Hall–Kier alpha value is -2.22. The summed E-state index contributed by atoms with van der Waals surface area (Å²) in [5, 5.41) is 18.7. The van der Waals surface area contributed by atoms with Crippen LogP contribution in [0.1, 0.15) is 16.7 Å². The Labute approximate surface area is 100 Å². The van der Waals surface area contributed by atoms with Crippen LogP contribution >= 0.6 is 0 Å². The Bertz CT molecular complexity index is 536. The lowest BCUT2D eigenvalue weighted by molar-refractivity contribution is 0.450. The number of aryl methyl sites for hydroxylation is 1. The Morgan fingerprint density at radius 3 is 2.18 bits per heavy atom. The van der Waals surface area contributed by atoms with E-state index in [0.717, 1.165) is 11.1 Å². The van der Waals surface area contributed by atoms with Crippen LogP contribution in [0, 0.1) is 6.92 Å². The van der Waals surface area contributed by atoms with E-state index in [1.165, 1.54) is 11.6 Å². The zero-order valence-corrected chi connectivity index (χ0v) is 9.59. The summed E-state index contributed by atoms with van der Waals surface area (Å²) < 4.78 is 0. The van der Waals surface area contributed by atoms with Crippen molar-refractivity contribution >= 4 is 12.2 Å². The number of phenolic OH excluding ortho intramolecular Hbond substituents is 2. The standard InChI is InChI=1S/C15H14O2/c1-11-4-2-3-5-13(11)7-6-12-8-14(16)10-15(17)9-12/h2-10,16-17H,1H3. The van der Waals surface area contributed by atoms with Gasteiger partial charge in [0.15, 0.2) is 0 Å². The molecule has 86 valence electrons. The van der Waals surface area contributed by atoms with Gasteiger partial charge in [-0.25, -0.2) is 0 Å². The molecule has 17 heavy (non-hydrogen) atoms. The molecular weight excluding hydrogens is 212 g/mol. The molecule has 0 aliphatic carbocycles. The first-order chi connectivity index (χ1) is 8.15. The summed E-state index contributed by atoms with van der Waals surface area (Å²) in [6.07, 6.45) is 3.82. The quantitative estimate of drug-likeness (QED) is 0.768. The lowest BCUT2D eigenvalue weighted by atomic mass is 10.1. The van der Waals surface area contributed by atoms with Crippen molar-refractivity contribution < 1.29 is 10.2 Å². The molecule has 0 atom stereocenters. The van der Waals surface area contributed by atoms with Crippen molar-refractivity contribution in [3.63, 3.8) is 0 Å². The molecule has 0 spiro atoms. The van der Waals surface area contributed by atoms with Gasteiger partial charge in [0, 0.05) is 6.07 Å². The first kappa shape index (κ1) is 11.3. The van der Waals surface area contributed by atoms with E-state index in [1.807, 2.05) is 43.3 Å². The van der Waals surface area contributed by atoms with Gasteiger partial charge in [0.25, 0.3) is 0 Å². The Balaban J connectivity index is 2.29. The van der Waals surface area contributed by atoms with Gasteiger partial charge in [-0.15, -0.1) is 0 Å². The van der Waals surface area contributed by atoms with Crippen LogP contribution in [0.25, 0.3) is 12.2 Å². The van der Waals surface area contributed by atoms with Crippen molar-refractivity contribution in [3.8, 4) is 11.5 Å². The van der Waals surface area contributed by atoms with E-state index < -0.39 is 0 Å². The van der Waals surface area contributed by atoms with Gasteiger partial charge in [-0.1, -0.05) is 36.4 Å². The Morgan fingerprint density at radius 1 is 0.882 bits per heavy atom. The van der Waals surface area contributed by atoms with Gasteiger partial charge in [-0.05, 0) is 35.7 Å². The van der Waals surface area contributed by atoms with Crippen LogP contribution in [0.15, 0.2) is 42.5 Å². The second-order valence-corrected chi connectivity index (χ2v) is 3.97. The molecule has 2 rings (SSSR count). The molecule has 0 saturated heterocycles. The van der Waals surface area contributed by atoms with Crippen LogP contribution in [0.2, 0.25) is 0 Å². The van der Waals surface area contributed by atoms with Gasteiger partial charge in [0.1, 0.15) is 11.5 Å². The molecule has 2 aromatic rings. The van der Waals surface area contributed by atoms with Crippen LogP contribution in [0.5, 0.6) is 11.5 Å². The molecule has 0 heterocycles. The van der Waals surface area contributed by atoms with Crippen LogP contribution < -0.4 is 0 Å². The molecule has 2 nitrogen and oxygen atoms in total. The maximum atomic E-state index is 9.35. The summed E-state index contributed by atoms with van der Waals surface area (Å²) in [6, 6.07) is 12.6. The average Bonchev–Trinajstić information content (AvgIpc) is 2.27. The van der Waals surface area contributed by atoms with Crippen LogP contribution in [0.4, 0.5) is 0 Å². The molecule has 0 bridgehead atoms. The monoisotopic (exact) mass is 226 g/mol. The normalized spacial score (nSPS) is 10.9. The number of hydrogen-bond acceptors (Lipinski definition) is 2. The molecule has 0 saturated carbocycles. The third kappa shape index (κ3) is 2.88. The van der Waals surface area contributed by atoms with Gasteiger partial charge in [0.05, 0.1) is 0 Å². The van der Waals surface area contributed by atoms with Gasteiger partial charge in [0.2, 0.25) is 0 Å². The molecule has 2 N–H and O–H groups in total. The molecule has 2 heteroatoms. The van der Waals surface area contributed by atoms with Gasteiger partial charge < -0.3 is 10.2 Å². The highest BCUT2D eigenvalue weighted by atomic mass is 16.3. The molecule has 0 aromatic heterocycles. The summed E-state index contributed by atoms with van der Waals surface area (Å²) >= 11 is 0. The molecule has 0 aliphatic rings. The minimum absolute atomic E-state index is 0.0643. The first-order valence-corrected chi connectivity index (χ1v) is 5.42. The Kier molecular flexibility index (Phi) is 3.15. The van der Waals surface area contributed by atoms with Crippen molar-refractivity contribution in [1.82, 2.24) is 0 Å². The number of benzene rings is 2. The predicted octanol–water partition coefficient (Wildman–Crippen LogP) is 3.58. The fraction of sp³-hybridized carbons (Fsp3) is 0.0667. The van der Waals surface area contributed by atoms with Gasteiger partial charge in [-0.2, -0.15) is 0 Å². The molecule has 0 aliphatic heterocycles. The van der Waals surface area contributed by atoms with Crippen LogP contribution in [-0.2, 0) is 0 Å². The van der Waals surface area contributed by atoms with Crippen LogP contribution in [0.3, 0.4) is 0 Å². The topological polar surface area (TPSA) is 40.5 Å². The minimum atomic E-state index is 0.0643. The van der Waals surface area contributed by atoms with E-state index in [-0.39, 0.29) is 11.5 Å². The molecule has 0 fully saturated rings. The summed E-state index contributed by atoms with van der Waals surface area (Å²) in [6.45, 7) is 2.04. The van der Waals surface area contributed by atoms with Crippen molar-refractivity contribution in [2.45, 2.75) is 6.92 Å². The third-order valence-corrected chi connectivity index (χ3v) is 2.57. The molecule has 0 radical (unpaired) electrons. The van der Waals surface area contributed by atoms with Gasteiger partial charge in [-0.3, -0.25) is 0 Å². The van der Waals surface area contributed by atoms with Crippen molar-refractivity contribution in [3.05, 3.63) is 59.2 Å². The summed E-state index contributed by atoms with van der Waals surface area (Å²) in [7, 11) is 0. The highest BCUT2D eigenvalue weighted by molar-refractivity contribution is 5.72. The highest BCUT2D eigenvalue weighted by Gasteiger charge is 1.96. The molecular formula is C15H14O2. The fourth-order valence-electron chi connectivity index (χ4n) is 1.67. The smallest absolute Gasteiger partial charge is 0.119 e. The molecule has 0 amide bonds. The maximum Gasteiger partial charge on any atom is 0.119 e.